The number of halogens is 2. The van der Waals surface area contributed by atoms with E-state index in [1.54, 1.807) is 18.2 Å². The van der Waals surface area contributed by atoms with Crippen LogP contribution in [0.3, 0.4) is 0 Å². The molecule has 2 unspecified atom stereocenters. The van der Waals surface area contributed by atoms with Crippen molar-refractivity contribution in [3.8, 4) is 5.75 Å². The number of nitrogens with one attached hydrogen (secondary N) is 2. The molecule has 1 fully saturated rings. The molecule has 1 aliphatic rings. The average molecular weight is 395 g/mol. The zero-order valence-electron chi connectivity index (χ0n) is 14.9. The van der Waals surface area contributed by atoms with Crippen molar-refractivity contribution in [3.63, 3.8) is 0 Å². The molecule has 0 bridgehead atoms. The van der Waals surface area contributed by atoms with Gasteiger partial charge in [0, 0.05) is 19.0 Å². The first-order chi connectivity index (χ1) is 12.7. The summed E-state index contributed by atoms with van der Waals surface area (Å²) in [6.45, 7) is 2.08. The number of amides is 1. The van der Waals surface area contributed by atoms with Gasteiger partial charge in [-0.15, -0.1) is 12.4 Å². The number of carbonyl (C=O) groups excluding carboxylic acids is 1. The number of hydrogen-bond acceptors (Lipinski definition) is 4. The van der Waals surface area contributed by atoms with Gasteiger partial charge in [0.05, 0.1) is 19.3 Å². The number of ether oxygens (including phenoxy) is 2. The van der Waals surface area contributed by atoms with Gasteiger partial charge in [-0.05, 0) is 17.7 Å². The van der Waals surface area contributed by atoms with Gasteiger partial charge < -0.3 is 20.1 Å². The standard InChI is InChI=1S/C20H23FN2O3.ClH/c21-17-8-4-5-9-19(17)26-14-18(15-6-2-1-3-7-15)23-20(24)12-16-13-25-11-10-22-16;/h1-9,16,18,22H,10-14H2,(H,23,24);1H. The maximum absolute atomic E-state index is 13.8. The fourth-order valence-electron chi connectivity index (χ4n) is 2.87. The number of carbonyl (C=O) groups is 1. The van der Waals surface area contributed by atoms with Gasteiger partial charge in [-0.25, -0.2) is 4.39 Å². The second-order valence-corrected chi connectivity index (χ2v) is 6.20. The SMILES string of the molecule is Cl.O=C(CC1COCCN1)NC(COc1ccccc1F)c1ccccc1. The van der Waals surface area contributed by atoms with E-state index < -0.39 is 5.82 Å². The summed E-state index contributed by atoms with van der Waals surface area (Å²) in [4.78, 5) is 12.4. The number of hydrogen-bond donors (Lipinski definition) is 2. The Hall–Kier alpha value is -2.15. The van der Waals surface area contributed by atoms with Crippen LogP contribution in [0, 0.1) is 5.82 Å². The van der Waals surface area contributed by atoms with Gasteiger partial charge in [-0.1, -0.05) is 42.5 Å². The molecule has 2 aromatic carbocycles. The topological polar surface area (TPSA) is 59.6 Å². The van der Waals surface area contributed by atoms with Crippen LogP contribution in [0.1, 0.15) is 18.0 Å². The minimum absolute atomic E-state index is 0. The highest BCUT2D eigenvalue weighted by Crippen LogP contribution is 2.19. The zero-order valence-corrected chi connectivity index (χ0v) is 15.7. The molecule has 3 rings (SSSR count). The molecule has 0 aromatic heterocycles. The van der Waals surface area contributed by atoms with Crippen molar-refractivity contribution in [3.05, 3.63) is 66.0 Å². The fraction of sp³-hybridized carbons (Fsp3) is 0.350. The van der Waals surface area contributed by atoms with Crippen molar-refractivity contribution in [2.45, 2.75) is 18.5 Å². The minimum Gasteiger partial charge on any atom is -0.488 e. The lowest BCUT2D eigenvalue weighted by Crippen LogP contribution is -2.45. The highest BCUT2D eigenvalue weighted by molar-refractivity contribution is 5.85. The van der Waals surface area contributed by atoms with E-state index in [2.05, 4.69) is 10.6 Å². The van der Waals surface area contributed by atoms with Crippen LogP contribution < -0.4 is 15.4 Å². The van der Waals surface area contributed by atoms with Crippen molar-refractivity contribution in [2.75, 3.05) is 26.4 Å². The predicted molar refractivity (Wildman–Crippen MR) is 104 cm³/mol. The lowest BCUT2D eigenvalue weighted by Gasteiger charge is -2.25. The van der Waals surface area contributed by atoms with Gasteiger partial charge in [0.25, 0.3) is 0 Å². The third kappa shape index (κ3) is 6.50. The lowest BCUT2D eigenvalue weighted by atomic mass is 10.1. The van der Waals surface area contributed by atoms with Gasteiger partial charge in [0.2, 0.25) is 5.91 Å². The summed E-state index contributed by atoms with van der Waals surface area (Å²) in [6, 6.07) is 15.4. The van der Waals surface area contributed by atoms with Crippen LogP contribution in [0.5, 0.6) is 5.75 Å². The molecule has 1 saturated heterocycles. The van der Waals surface area contributed by atoms with Crippen LogP contribution >= 0.6 is 12.4 Å². The molecule has 27 heavy (non-hydrogen) atoms. The molecule has 2 atom stereocenters. The van der Waals surface area contributed by atoms with Crippen LogP contribution in [0.25, 0.3) is 0 Å². The normalized spacial score (nSPS) is 17.4. The van der Waals surface area contributed by atoms with Gasteiger partial charge in [-0.2, -0.15) is 0 Å². The molecule has 0 spiro atoms. The summed E-state index contributed by atoms with van der Waals surface area (Å²) in [5, 5.41) is 6.25. The Labute approximate surface area is 164 Å². The maximum Gasteiger partial charge on any atom is 0.222 e. The van der Waals surface area contributed by atoms with E-state index in [1.807, 2.05) is 30.3 Å². The van der Waals surface area contributed by atoms with Crippen molar-refractivity contribution in [1.29, 1.82) is 0 Å². The summed E-state index contributed by atoms with van der Waals surface area (Å²) < 4.78 is 24.8. The van der Waals surface area contributed by atoms with Crippen LogP contribution in [0.4, 0.5) is 4.39 Å². The van der Waals surface area contributed by atoms with Gasteiger partial charge in [0.1, 0.15) is 6.61 Å². The highest BCUT2D eigenvalue weighted by atomic mass is 35.5. The van der Waals surface area contributed by atoms with E-state index in [9.17, 15) is 9.18 Å². The Balaban J connectivity index is 0.00000261. The van der Waals surface area contributed by atoms with Crippen molar-refractivity contribution in [1.82, 2.24) is 10.6 Å². The van der Waals surface area contributed by atoms with E-state index >= 15 is 0 Å². The Morgan fingerprint density at radius 2 is 1.96 bits per heavy atom. The van der Waals surface area contributed by atoms with E-state index in [4.69, 9.17) is 9.47 Å². The Bertz CT molecular complexity index is 711. The summed E-state index contributed by atoms with van der Waals surface area (Å²) in [7, 11) is 0. The highest BCUT2D eigenvalue weighted by Gasteiger charge is 2.21. The first kappa shape index (κ1) is 21.2. The van der Waals surface area contributed by atoms with E-state index in [0.717, 1.165) is 12.1 Å². The molecule has 2 N–H and O–H groups in total. The molecule has 2 aromatic rings. The molecule has 1 amide bonds. The summed E-state index contributed by atoms with van der Waals surface area (Å²) in [5.41, 5.74) is 0.907. The van der Waals surface area contributed by atoms with Gasteiger partial charge in [-0.3, -0.25) is 4.79 Å². The quantitative estimate of drug-likeness (QED) is 0.758. The van der Waals surface area contributed by atoms with Crippen LogP contribution in [-0.4, -0.2) is 38.3 Å². The van der Waals surface area contributed by atoms with Crippen molar-refractivity contribution >= 4 is 18.3 Å². The Morgan fingerprint density at radius 1 is 1.22 bits per heavy atom. The predicted octanol–water partition coefficient (Wildman–Crippen LogP) is 2.86. The van der Waals surface area contributed by atoms with E-state index in [0.29, 0.717) is 19.6 Å². The second kappa shape index (κ2) is 10.9. The molecule has 0 radical (unpaired) electrons. The molecular formula is C20H24ClFN2O3. The lowest BCUT2D eigenvalue weighted by molar-refractivity contribution is -0.123. The Kier molecular flexibility index (Phi) is 8.51. The molecule has 0 aliphatic carbocycles. The molecule has 5 nitrogen and oxygen atoms in total. The van der Waals surface area contributed by atoms with Crippen molar-refractivity contribution < 1.29 is 18.7 Å². The van der Waals surface area contributed by atoms with Gasteiger partial charge >= 0.3 is 0 Å². The molecule has 1 aliphatic heterocycles. The maximum atomic E-state index is 13.8. The van der Waals surface area contributed by atoms with E-state index in [1.165, 1.54) is 6.07 Å². The minimum atomic E-state index is -0.422. The number of para-hydroxylation sites is 1. The van der Waals surface area contributed by atoms with Crippen LogP contribution in [-0.2, 0) is 9.53 Å². The monoisotopic (exact) mass is 394 g/mol. The molecule has 1 heterocycles. The smallest absolute Gasteiger partial charge is 0.222 e. The number of rotatable bonds is 7. The molecule has 0 saturated carbocycles. The molecule has 7 heteroatoms. The third-order valence-corrected chi connectivity index (χ3v) is 4.21. The second-order valence-electron chi connectivity index (χ2n) is 6.20. The van der Waals surface area contributed by atoms with E-state index in [-0.39, 0.29) is 42.8 Å². The summed E-state index contributed by atoms with van der Waals surface area (Å²) >= 11 is 0. The third-order valence-electron chi connectivity index (χ3n) is 4.21. The van der Waals surface area contributed by atoms with Crippen LogP contribution in [0.15, 0.2) is 54.6 Å². The fourth-order valence-corrected chi connectivity index (χ4v) is 2.87. The largest absolute Gasteiger partial charge is 0.488 e. The first-order valence-electron chi connectivity index (χ1n) is 8.75. The molecule has 146 valence electrons. The van der Waals surface area contributed by atoms with Crippen molar-refractivity contribution in [2.24, 2.45) is 0 Å². The number of morpholine rings is 1. The average Bonchev–Trinajstić information content (AvgIpc) is 2.68. The van der Waals surface area contributed by atoms with Crippen LogP contribution in [0.2, 0.25) is 0 Å². The summed E-state index contributed by atoms with van der Waals surface area (Å²) in [6.07, 6.45) is 0.322. The first-order valence-corrected chi connectivity index (χ1v) is 8.75. The zero-order chi connectivity index (χ0) is 18.2. The Morgan fingerprint density at radius 3 is 2.67 bits per heavy atom. The summed E-state index contributed by atoms with van der Waals surface area (Å²) in [5.74, 6) is -0.349. The molecular weight excluding hydrogens is 371 g/mol. The number of benzene rings is 2. The van der Waals surface area contributed by atoms with Gasteiger partial charge in [0.15, 0.2) is 11.6 Å².